The fraction of sp³-hybridized carbons (Fsp3) is 0.667. The minimum Gasteiger partial charge on any atom is -0.330 e. The number of nitrogens with zero attached hydrogens (tertiary/aromatic N) is 3. The zero-order valence-corrected chi connectivity index (χ0v) is 10.6. The number of aromatic nitrogens is 2. The first-order chi connectivity index (χ1) is 8.04. The summed E-state index contributed by atoms with van der Waals surface area (Å²) in [4.78, 5) is 13.8. The van der Waals surface area contributed by atoms with E-state index in [1.165, 1.54) is 0 Å². The molecule has 1 saturated heterocycles. The van der Waals surface area contributed by atoms with Gasteiger partial charge in [0.2, 0.25) is 5.91 Å². The van der Waals surface area contributed by atoms with Crippen molar-refractivity contribution in [3.05, 3.63) is 18.0 Å². The van der Waals surface area contributed by atoms with Crippen LogP contribution in [0.2, 0.25) is 0 Å². The minimum atomic E-state index is -0.148. The van der Waals surface area contributed by atoms with Crippen LogP contribution >= 0.6 is 0 Å². The van der Waals surface area contributed by atoms with Crippen molar-refractivity contribution in [3.63, 3.8) is 0 Å². The number of nitrogens with two attached hydrogens (primary N) is 1. The van der Waals surface area contributed by atoms with Crippen LogP contribution in [-0.2, 0) is 11.3 Å². The molecule has 0 unspecified atom stereocenters. The molecule has 0 bridgehead atoms. The third kappa shape index (κ3) is 2.07. The van der Waals surface area contributed by atoms with Gasteiger partial charge in [-0.05, 0) is 26.8 Å². The number of rotatable bonds is 3. The monoisotopic (exact) mass is 236 g/mol. The van der Waals surface area contributed by atoms with Crippen LogP contribution in [0.15, 0.2) is 12.3 Å². The van der Waals surface area contributed by atoms with Crippen LogP contribution in [0.3, 0.4) is 0 Å². The molecule has 1 aromatic heterocycles. The second-order valence-electron chi connectivity index (χ2n) is 4.80. The highest BCUT2D eigenvalue weighted by Crippen LogP contribution is 2.32. The summed E-state index contributed by atoms with van der Waals surface area (Å²) in [6.07, 6.45) is 2.35. The number of aryl methyl sites for hydroxylation is 1. The summed E-state index contributed by atoms with van der Waals surface area (Å²) in [5.74, 6) is 0.128. The van der Waals surface area contributed by atoms with Gasteiger partial charge in [-0.3, -0.25) is 9.48 Å². The maximum atomic E-state index is 11.9. The molecule has 2 N–H and O–H groups in total. The van der Waals surface area contributed by atoms with Gasteiger partial charge >= 0.3 is 0 Å². The van der Waals surface area contributed by atoms with Crippen LogP contribution in [0.25, 0.3) is 0 Å². The van der Waals surface area contributed by atoms with E-state index in [4.69, 9.17) is 5.73 Å². The molecule has 0 spiro atoms. The van der Waals surface area contributed by atoms with Gasteiger partial charge in [0.05, 0.1) is 11.7 Å². The Hall–Kier alpha value is -1.36. The molecule has 1 aliphatic rings. The Morgan fingerprint density at radius 2 is 2.29 bits per heavy atom. The smallest absolute Gasteiger partial charge is 0.225 e. The average molecular weight is 236 g/mol. The van der Waals surface area contributed by atoms with Crippen molar-refractivity contribution in [3.8, 4) is 0 Å². The predicted molar refractivity (Wildman–Crippen MR) is 65.2 cm³/mol. The lowest BCUT2D eigenvalue weighted by atomic mass is 10.1. The second kappa shape index (κ2) is 4.49. The van der Waals surface area contributed by atoms with Crippen molar-refractivity contribution < 1.29 is 4.79 Å². The summed E-state index contributed by atoms with van der Waals surface area (Å²) in [5.41, 5.74) is 6.97. The highest BCUT2D eigenvalue weighted by atomic mass is 16.2. The number of amides is 1. The van der Waals surface area contributed by atoms with Gasteiger partial charge in [-0.15, -0.1) is 0 Å². The van der Waals surface area contributed by atoms with Crippen molar-refractivity contribution in [1.82, 2.24) is 14.7 Å². The number of hydrogen-bond donors (Lipinski definition) is 1. The molecule has 1 fully saturated rings. The first-order valence-electron chi connectivity index (χ1n) is 6.14. The van der Waals surface area contributed by atoms with Gasteiger partial charge in [0.15, 0.2) is 0 Å². The lowest BCUT2D eigenvalue weighted by molar-refractivity contribution is -0.130. The molecule has 2 atom stereocenters. The van der Waals surface area contributed by atoms with Crippen molar-refractivity contribution in [2.24, 2.45) is 5.73 Å². The van der Waals surface area contributed by atoms with Gasteiger partial charge in [0.25, 0.3) is 0 Å². The van der Waals surface area contributed by atoms with E-state index >= 15 is 0 Å². The highest BCUT2D eigenvalue weighted by Gasteiger charge is 2.41. The van der Waals surface area contributed by atoms with Gasteiger partial charge in [0, 0.05) is 31.2 Å². The molecule has 0 saturated carbocycles. The molecule has 17 heavy (non-hydrogen) atoms. The first kappa shape index (κ1) is 12.1. The van der Waals surface area contributed by atoms with Crippen molar-refractivity contribution >= 4 is 5.91 Å². The molecular formula is C12H20N4O. The fourth-order valence-corrected chi connectivity index (χ4v) is 2.46. The maximum absolute atomic E-state index is 11.9. The molecule has 94 valence electrons. The van der Waals surface area contributed by atoms with E-state index in [9.17, 15) is 4.79 Å². The molecular weight excluding hydrogens is 216 g/mol. The van der Waals surface area contributed by atoms with E-state index in [2.05, 4.69) is 5.10 Å². The van der Waals surface area contributed by atoms with E-state index in [0.29, 0.717) is 6.42 Å². The van der Waals surface area contributed by atoms with Crippen LogP contribution < -0.4 is 5.73 Å². The second-order valence-corrected chi connectivity index (χ2v) is 4.80. The molecule has 0 radical (unpaired) electrons. The summed E-state index contributed by atoms with van der Waals surface area (Å²) in [6.45, 7) is 6.90. The number of likely N-dealkylation sites (tertiary alicyclic amines) is 1. The third-order valence-electron chi connectivity index (χ3n) is 3.25. The molecule has 5 heteroatoms. The third-order valence-corrected chi connectivity index (χ3v) is 3.25. The molecule has 1 amide bonds. The Labute approximate surface area is 102 Å². The Morgan fingerprint density at radius 1 is 1.59 bits per heavy atom. The van der Waals surface area contributed by atoms with Gasteiger partial charge < -0.3 is 10.6 Å². The predicted octanol–water partition coefficient (Wildman–Crippen LogP) is 0.912. The molecule has 0 aromatic carbocycles. The SMILES string of the molecule is CCn1ccc([C@@H]2[C@@H](N)CC(=O)N2C(C)C)n1. The van der Waals surface area contributed by atoms with Crippen molar-refractivity contribution in [1.29, 1.82) is 0 Å². The summed E-state index contributed by atoms with van der Waals surface area (Å²) < 4.78 is 1.86. The molecule has 5 nitrogen and oxygen atoms in total. The minimum absolute atomic E-state index is 0.0738. The van der Waals surface area contributed by atoms with Crippen molar-refractivity contribution in [2.45, 2.75) is 51.9 Å². The topological polar surface area (TPSA) is 64.2 Å². The van der Waals surface area contributed by atoms with E-state index in [0.717, 1.165) is 12.2 Å². The zero-order chi connectivity index (χ0) is 12.6. The molecule has 2 rings (SSSR count). The lowest BCUT2D eigenvalue weighted by Gasteiger charge is -2.29. The standard InChI is InChI=1S/C12H20N4O/c1-4-15-6-5-10(14-15)12-9(13)7-11(17)16(12)8(2)3/h5-6,8-9,12H,4,7,13H2,1-3H3/t9-,12-/m0/s1. The number of carbonyl (C=O) groups is 1. The summed E-state index contributed by atoms with van der Waals surface area (Å²) in [7, 11) is 0. The summed E-state index contributed by atoms with van der Waals surface area (Å²) in [5, 5.41) is 4.47. The Bertz CT molecular complexity index is 412. The van der Waals surface area contributed by atoms with Gasteiger partial charge in [-0.2, -0.15) is 5.10 Å². The fourth-order valence-electron chi connectivity index (χ4n) is 2.46. The van der Waals surface area contributed by atoms with Crippen LogP contribution in [-0.4, -0.2) is 32.7 Å². The Kier molecular flexibility index (Phi) is 3.19. The molecule has 1 aliphatic heterocycles. The Balaban J connectivity index is 2.31. The van der Waals surface area contributed by atoms with E-state index < -0.39 is 0 Å². The Morgan fingerprint density at radius 3 is 2.82 bits per heavy atom. The van der Waals surface area contributed by atoms with Gasteiger partial charge in [-0.25, -0.2) is 0 Å². The summed E-state index contributed by atoms with van der Waals surface area (Å²) in [6, 6.07) is 1.90. The maximum Gasteiger partial charge on any atom is 0.225 e. The van der Waals surface area contributed by atoms with Crippen LogP contribution in [0, 0.1) is 0 Å². The quantitative estimate of drug-likeness (QED) is 0.848. The largest absolute Gasteiger partial charge is 0.330 e. The molecule has 1 aromatic rings. The molecule has 2 heterocycles. The highest BCUT2D eigenvalue weighted by molar-refractivity contribution is 5.80. The van der Waals surface area contributed by atoms with Gasteiger partial charge in [0.1, 0.15) is 0 Å². The van der Waals surface area contributed by atoms with E-state index in [1.54, 1.807) is 0 Å². The van der Waals surface area contributed by atoms with Crippen LogP contribution in [0.1, 0.15) is 38.9 Å². The van der Waals surface area contributed by atoms with Gasteiger partial charge in [-0.1, -0.05) is 0 Å². The van der Waals surface area contributed by atoms with Crippen molar-refractivity contribution in [2.75, 3.05) is 0 Å². The average Bonchev–Trinajstić information content (AvgIpc) is 2.81. The first-order valence-corrected chi connectivity index (χ1v) is 6.14. The number of hydrogen-bond acceptors (Lipinski definition) is 3. The molecule has 0 aliphatic carbocycles. The lowest BCUT2D eigenvalue weighted by Crippen LogP contribution is -2.38. The van der Waals surface area contributed by atoms with Crippen LogP contribution in [0.5, 0.6) is 0 Å². The number of carbonyl (C=O) groups excluding carboxylic acids is 1. The van der Waals surface area contributed by atoms with Crippen LogP contribution in [0.4, 0.5) is 0 Å². The normalized spacial score (nSPS) is 25.0. The van der Waals surface area contributed by atoms with E-state index in [-0.39, 0.29) is 24.0 Å². The van der Waals surface area contributed by atoms with E-state index in [1.807, 2.05) is 42.6 Å². The summed E-state index contributed by atoms with van der Waals surface area (Å²) >= 11 is 0. The zero-order valence-electron chi connectivity index (χ0n) is 10.6.